The number of hydrogen-bond acceptors (Lipinski definition) is 0. The van der Waals surface area contributed by atoms with Gasteiger partial charge in [0.05, 0.1) is 0 Å². The van der Waals surface area contributed by atoms with Gasteiger partial charge in [0.15, 0.2) is 13.0 Å². The topological polar surface area (TPSA) is 0 Å². The summed E-state index contributed by atoms with van der Waals surface area (Å²) in [6, 6.07) is 8.74. The van der Waals surface area contributed by atoms with Crippen molar-refractivity contribution >= 4 is 81.2 Å². The van der Waals surface area contributed by atoms with Gasteiger partial charge in [-0.3, -0.25) is 0 Å². The van der Waals surface area contributed by atoms with Crippen LogP contribution in [0.4, 0.5) is 0 Å². The fraction of sp³-hybridized carbons (Fsp3) is 0.400. The maximum atomic E-state index is 6.40. The molecule has 1 aromatic rings. The molecule has 0 bridgehead atoms. The van der Waals surface area contributed by atoms with Crippen molar-refractivity contribution in [3.8, 4) is 0 Å². The molecule has 0 N–H and O–H groups in total. The highest BCUT2D eigenvalue weighted by atomic mass is 35.5. The van der Waals surface area contributed by atoms with Crippen LogP contribution in [0, 0.1) is 0 Å². The Labute approximate surface area is 134 Å². The quantitative estimate of drug-likeness (QED) is 0.558. The van der Waals surface area contributed by atoms with Crippen molar-refractivity contribution < 1.29 is 0 Å². The van der Waals surface area contributed by atoms with Gasteiger partial charge in [0, 0.05) is 0 Å². The molecule has 1 saturated carbocycles. The predicted molar refractivity (Wildman–Crippen MR) is 77.3 cm³/mol. The summed E-state index contributed by atoms with van der Waals surface area (Å²) in [6.07, 6.45) is 0. The smallest absolute Gasteiger partial charge is 0.107 e. The van der Waals surface area contributed by atoms with Gasteiger partial charge in [-0.1, -0.05) is 99.9 Å². The zero-order chi connectivity index (χ0) is 13.1. The van der Waals surface area contributed by atoms with E-state index >= 15 is 0 Å². The van der Waals surface area contributed by atoms with Crippen LogP contribution in [0.2, 0.25) is 0 Å². The molecule has 1 aromatic carbocycles. The Kier molecular flexibility index (Phi) is 3.55. The second kappa shape index (κ2) is 4.12. The van der Waals surface area contributed by atoms with E-state index in [1.165, 1.54) is 0 Å². The van der Waals surface area contributed by atoms with Crippen molar-refractivity contribution in [1.29, 1.82) is 0 Å². The second-order valence-electron chi connectivity index (χ2n) is 3.75. The maximum Gasteiger partial charge on any atom is 0.187 e. The molecule has 1 fully saturated rings. The zero-order valence-electron chi connectivity index (χ0n) is 8.03. The predicted octanol–water partition coefficient (Wildman–Crippen LogP) is 5.66. The molecule has 0 saturated heterocycles. The molecule has 1 aliphatic rings. The van der Waals surface area contributed by atoms with Gasteiger partial charge < -0.3 is 0 Å². The SMILES string of the molecule is ClC1(Cl)C(Cl)(Cl)C(Cl)(c2ccccc2)C1(Cl)Cl. The molecule has 0 spiro atoms. The molecule has 0 radical (unpaired) electrons. The molecule has 0 nitrogen and oxygen atoms in total. The van der Waals surface area contributed by atoms with E-state index in [9.17, 15) is 0 Å². The van der Waals surface area contributed by atoms with E-state index in [0.717, 1.165) is 0 Å². The Balaban J connectivity index is 2.60. The lowest BCUT2D eigenvalue weighted by atomic mass is 9.75. The van der Waals surface area contributed by atoms with E-state index in [1.807, 2.05) is 6.07 Å². The number of rotatable bonds is 1. The van der Waals surface area contributed by atoms with Crippen LogP contribution < -0.4 is 0 Å². The molecule has 2 rings (SSSR count). The first kappa shape index (κ1) is 14.7. The van der Waals surface area contributed by atoms with Crippen LogP contribution in [0.1, 0.15) is 5.56 Å². The lowest BCUT2D eigenvalue weighted by Gasteiger charge is -2.64. The molecule has 7 heteroatoms. The molecule has 1 aliphatic carbocycles. The molecule has 0 amide bonds. The second-order valence-corrected chi connectivity index (χ2v) is 8.30. The van der Waals surface area contributed by atoms with Crippen LogP contribution in [-0.2, 0) is 4.87 Å². The number of alkyl halides is 7. The third kappa shape index (κ3) is 1.53. The fourth-order valence-electron chi connectivity index (χ4n) is 1.79. The number of benzene rings is 1. The highest BCUT2D eigenvalue weighted by Gasteiger charge is 2.87. The van der Waals surface area contributed by atoms with Crippen molar-refractivity contribution in [2.24, 2.45) is 0 Å². The Morgan fingerprint density at radius 1 is 0.588 bits per heavy atom. The molecule has 0 unspecified atom stereocenters. The summed E-state index contributed by atoms with van der Waals surface area (Å²) in [5.74, 6) is 0. The summed E-state index contributed by atoms with van der Waals surface area (Å²) >= 11 is 42.8. The molecular weight excluding hydrogens is 368 g/mol. The van der Waals surface area contributed by atoms with Gasteiger partial charge in [-0.25, -0.2) is 0 Å². The van der Waals surface area contributed by atoms with Crippen LogP contribution in [-0.4, -0.2) is 13.0 Å². The van der Waals surface area contributed by atoms with Crippen molar-refractivity contribution in [3.05, 3.63) is 35.9 Å². The first-order valence-electron chi connectivity index (χ1n) is 4.48. The van der Waals surface area contributed by atoms with Crippen LogP contribution >= 0.6 is 81.2 Å². The van der Waals surface area contributed by atoms with E-state index in [0.29, 0.717) is 5.56 Å². The lowest BCUT2D eigenvalue weighted by Crippen LogP contribution is -2.78. The van der Waals surface area contributed by atoms with Gasteiger partial charge >= 0.3 is 0 Å². The average molecular weight is 373 g/mol. The van der Waals surface area contributed by atoms with Gasteiger partial charge in [-0.05, 0) is 5.56 Å². The molecule has 17 heavy (non-hydrogen) atoms. The van der Waals surface area contributed by atoms with Crippen LogP contribution in [0.15, 0.2) is 30.3 Å². The van der Waals surface area contributed by atoms with Crippen molar-refractivity contribution in [2.75, 3.05) is 0 Å². The standard InChI is InChI=1S/C10H5Cl7/c11-7(6-4-2-1-3-5-6)8(12,13)10(16,17)9(7,14)15/h1-5H. The highest BCUT2D eigenvalue weighted by molar-refractivity contribution is 6.77. The average Bonchev–Trinajstić information content (AvgIpc) is 2.27. The van der Waals surface area contributed by atoms with Gasteiger partial charge in [-0.15, -0.1) is 11.6 Å². The van der Waals surface area contributed by atoms with Crippen LogP contribution in [0.3, 0.4) is 0 Å². The first-order chi connectivity index (χ1) is 7.61. The largest absolute Gasteiger partial charge is 0.187 e. The molecule has 0 heterocycles. The summed E-state index contributed by atoms with van der Waals surface area (Å²) in [5, 5.41) is 0. The minimum Gasteiger partial charge on any atom is -0.107 e. The molecular formula is C10H5Cl7. The molecule has 0 atom stereocenters. The van der Waals surface area contributed by atoms with Gasteiger partial charge in [0.25, 0.3) is 0 Å². The fourth-order valence-corrected chi connectivity index (χ4v) is 4.92. The van der Waals surface area contributed by atoms with E-state index < -0.39 is 17.9 Å². The van der Waals surface area contributed by atoms with E-state index in [-0.39, 0.29) is 0 Å². The Morgan fingerprint density at radius 3 is 1.41 bits per heavy atom. The summed E-state index contributed by atoms with van der Waals surface area (Å²) in [7, 11) is 0. The minimum absolute atomic E-state index is 0.550. The summed E-state index contributed by atoms with van der Waals surface area (Å²) in [4.78, 5) is -1.49. The third-order valence-corrected chi connectivity index (χ3v) is 8.17. The zero-order valence-corrected chi connectivity index (χ0v) is 13.3. The summed E-state index contributed by atoms with van der Waals surface area (Å²) in [6.45, 7) is 0. The Bertz CT molecular complexity index is 419. The Morgan fingerprint density at radius 2 is 1.00 bits per heavy atom. The molecule has 0 aromatic heterocycles. The van der Waals surface area contributed by atoms with Gasteiger partial charge in [0.2, 0.25) is 0 Å². The number of hydrogen-bond donors (Lipinski definition) is 0. The van der Waals surface area contributed by atoms with Gasteiger partial charge in [0.1, 0.15) is 4.87 Å². The van der Waals surface area contributed by atoms with Crippen molar-refractivity contribution in [2.45, 2.75) is 17.9 Å². The lowest BCUT2D eigenvalue weighted by molar-refractivity contribution is 0.280. The monoisotopic (exact) mass is 370 g/mol. The maximum absolute atomic E-state index is 6.40. The van der Waals surface area contributed by atoms with E-state index in [1.54, 1.807) is 24.3 Å². The van der Waals surface area contributed by atoms with Crippen LogP contribution in [0.5, 0.6) is 0 Å². The van der Waals surface area contributed by atoms with Crippen LogP contribution in [0.25, 0.3) is 0 Å². The molecule has 0 aliphatic heterocycles. The summed E-state index contributed by atoms with van der Waals surface area (Å²) < 4.78 is -5.20. The Hall–Kier alpha value is 1.25. The first-order valence-corrected chi connectivity index (χ1v) is 7.13. The highest BCUT2D eigenvalue weighted by Crippen LogP contribution is 2.79. The van der Waals surface area contributed by atoms with E-state index in [4.69, 9.17) is 81.2 Å². The normalized spacial score (nSPS) is 27.2. The summed E-state index contributed by atoms with van der Waals surface area (Å²) in [5.41, 5.74) is 0.550. The minimum atomic E-state index is -1.77. The number of halogens is 7. The van der Waals surface area contributed by atoms with Crippen molar-refractivity contribution in [3.63, 3.8) is 0 Å². The molecule has 94 valence electrons. The van der Waals surface area contributed by atoms with E-state index in [2.05, 4.69) is 0 Å². The van der Waals surface area contributed by atoms with Crippen molar-refractivity contribution in [1.82, 2.24) is 0 Å². The van der Waals surface area contributed by atoms with Gasteiger partial charge in [-0.2, -0.15) is 0 Å². The third-order valence-electron chi connectivity index (χ3n) is 2.83.